The molecular formula is C16H22N2O4. The molecule has 1 saturated carbocycles. The molecule has 0 aliphatic heterocycles. The highest BCUT2D eigenvalue weighted by atomic mass is 16.5. The minimum atomic E-state index is -0.912. The van der Waals surface area contributed by atoms with Crippen molar-refractivity contribution in [1.82, 2.24) is 9.88 Å². The lowest BCUT2D eigenvalue weighted by molar-refractivity contribution is -0.137. The molecule has 0 saturated heterocycles. The Morgan fingerprint density at radius 3 is 2.64 bits per heavy atom. The molecule has 1 aliphatic carbocycles. The summed E-state index contributed by atoms with van der Waals surface area (Å²) in [7, 11) is 0. The summed E-state index contributed by atoms with van der Waals surface area (Å²) >= 11 is 0. The lowest BCUT2D eigenvalue weighted by atomic mass is 10.2. The van der Waals surface area contributed by atoms with Crippen molar-refractivity contribution in [3.05, 3.63) is 23.9 Å². The van der Waals surface area contributed by atoms with Crippen LogP contribution in [0.3, 0.4) is 0 Å². The molecule has 6 nitrogen and oxygen atoms in total. The zero-order valence-electron chi connectivity index (χ0n) is 12.8. The van der Waals surface area contributed by atoms with Gasteiger partial charge >= 0.3 is 5.97 Å². The highest BCUT2D eigenvalue weighted by Gasteiger charge is 2.18. The van der Waals surface area contributed by atoms with E-state index < -0.39 is 5.97 Å². The normalized spacial score (nSPS) is 14.8. The van der Waals surface area contributed by atoms with Gasteiger partial charge in [-0.3, -0.25) is 9.59 Å². The van der Waals surface area contributed by atoms with E-state index in [1.54, 1.807) is 12.1 Å². The Hall–Kier alpha value is -2.11. The quantitative estimate of drug-likeness (QED) is 0.836. The molecule has 0 bridgehead atoms. The van der Waals surface area contributed by atoms with Gasteiger partial charge < -0.3 is 14.7 Å². The standard InChI is InChI=1S/C16H22N2O4/c1-2-18(10-9-15(19)20)16(21)12-7-8-14(17-11-12)22-13-5-3-4-6-13/h7-8,11,13H,2-6,9-10H2,1H3,(H,19,20). The number of carboxylic acids is 1. The number of pyridine rings is 1. The monoisotopic (exact) mass is 306 g/mol. The molecule has 1 fully saturated rings. The highest BCUT2D eigenvalue weighted by molar-refractivity contribution is 5.94. The van der Waals surface area contributed by atoms with Crippen molar-refractivity contribution in [3.63, 3.8) is 0 Å². The van der Waals surface area contributed by atoms with Crippen LogP contribution in [0.25, 0.3) is 0 Å². The molecule has 1 amide bonds. The number of nitrogens with zero attached hydrogens (tertiary/aromatic N) is 2. The molecule has 0 atom stereocenters. The lowest BCUT2D eigenvalue weighted by Gasteiger charge is -2.20. The Morgan fingerprint density at radius 2 is 2.09 bits per heavy atom. The Morgan fingerprint density at radius 1 is 1.36 bits per heavy atom. The van der Waals surface area contributed by atoms with E-state index in [4.69, 9.17) is 9.84 Å². The first-order valence-electron chi connectivity index (χ1n) is 7.74. The van der Waals surface area contributed by atoms with E-state index in [9.17, 15) is 9.59 Å². The van der Waals surface area contributed by atoms with E-state index in [2.05, 4.69) is 4.98 Å². The van der Waals surface area contributed by atoms with Crippen LogP contribution in [0, 0.1) is 0 Å². The number of aliphatic carboxylic acids is 1. The van der Waals surface area contributed by atoms with Gasteiger partial charge in [0.1, 0.15) is 6.10 Å². The van der Waals surface area contributed by atoms with Gasteiger partial charge in [0.25, 0.3) is 5.91 Å². The topological polar surface area (TPSA) is 79.7 Å². The van der Waals surface area contributed by atoms with Crippen LogP contribution in [-0.2, 0) is 4.79 Å². The van der Waals surface area contributed by atoms with E-state index in [1.165, 1.54) is 23.9 Å². The van der Waals surface area contributed by atoms with Crippen LogP contribution in [0.2, 0.25) is 0 Å². The zero-order chi connectivity index (χ0) is 15.9. The van der Waals surface area contributed by atoms with Crippen LogP contribution < -0.4 is 4.74 Å². The second kappa shape index (κ2) is 7.77. The molecule has 1 aromatic heterocycles. The van der Waals surface area contributed by atoms with Crippen molar-refractivity contribution in [2.45, 2.75) is 45.1 Å². The summed E-state index contributed by atoms with van der Waals surface area (Å²) in [6.45, 7) is 2.49. The van der Waals surface area contributed by atoms with Gasteiger partial charge in [0.15, 0.2) is 0 Å². The largest absolute Gasteiger partial charge is 0.481 e. The molecule has 1 aliphatic rings. The second-order valence-electron chi connectivity index (χ2n) is 5.44. The average molecular weight is 306 g/mol. The third-order valence-electron chi connectivity index (χ3n) is 3.84. The summed E-state index contributed by atoms with van der Waals surface area (Å²) in [5.74, 6) is -0.578. The fourth-order valence-corrected chi connectivity index (χ4v) is 2.57. The van der Waals surface area contributed by atoms with Crippen LogP contribution in [0.1, 0.15) is 49.4 Å². The first-order chi connectivity index (χ1) is 10.6. The molecule has 1 N–H and O–H groups in total. The minimum absolute atomic E-state index is 0.0596. The highest BCUT2D eigenvalue weighted by Crippen LogP contribution is 2.23. The van der Waals surface area contributed by atoms with Crippen molar-refractivity contribution < 1.29 is 19.4 Å². The number of carbonyl (C=O) groups is 2. The summed E-state index contributed by atoms with van der Waals surface area (Å²) in [4.78, 5) is 28.6. The van der Waals surface area contributed by atoms with Gasteiger partial charge in [-0.2, -0.15) is 0 Å². The Bertz CT molecular complexity index is 509. The van der Waals surface area contributed by atoms with Crippen LogP contribution in [0.4, 0.5) is 0 Å². The molecule has 22 heavy (non-hydrogen) atoms. The van der Waals surface area contributed by atoms with Crippen molar-refractivity contribution in [1.29, 1.82) is 0 Å². The van der Waals surface area contributed by atoms with E-state index in [1.807, 2.05) is 6.92 Å². The van der Waals surface area contributed by atoms with E-state index in [0.29, 0.717) is 18.0 Å². The zero-order valence-corrected chi connectivity index (χ0v) is 12.8. The Kier molecular flexibility index (Phi) is 5.75. The number of ether oxygens (including phenoxy) is 1. The predicted molar refractivity (Wildman–Crippen MR) is 81.0 cm³/mol. The van der Waals surface area contributed by atoms with Gasteiger partial charge in [0, 0.05) is 25.4 Å². The van der Waals surface area contributed by atoms with Crippen LogP contribution in [0.5, 0.6) is 5.88 Å². The van der Waals surface area contributed by atoms with E-state index in [-0.39, 0.29) is 25.0 Å². The third-order valence-corrected chi connectivity index (χ3v) is 3.84. The van der Waals surface area contributed by atoms with Crippen molar-refractivity contribution in [2.24, 2.45) is 0 Å². The smallest absolute Gasteiger partial charge is 0.305 e. The molecule has 1 aromatic rings. The number of amides is 1. The number of rotatable bonds is 7. The number of carboxylic acid groups (broad SMARTS) is 1. The molecule has 0 radical (unpaired) electrons. The maximum Gasteiger partial charge on any atom is 0.305 e. The minimum Gasteiger partial charge on any atom is -0.481 e. The maximum absolute atomic E-state index is 12.3. The predicted octanol–water partition coefficient (Wildman–Crippen LogP) is 2.34. The van der Waals surface area contributed by atoms with Crippen LogP contribution in [-0.4, -0.2) is 46.1 Å². The summed E-state index contributed by atoms with van der Waals surface area (Å²) < 4.78 is 5.76. The summed E-state index contributed by atoms with van der Waals surface area (Å²) in [6.07, 6.45) is 6.16. The molecule has 6 heteroatoms. The second-order valence-corrected chi connectivity index (χ2v) is 5.44. The van der Waals surface area contributed by atoms with Crippen molar-refractivity contribution in [2.75, 3.05) is 13.1 Å². The van der Waals surface area contributed by atoms with Crippen molar-refractivity contribution >= 4 is 11.9 Å². The first-order valence-corrected chi connectivity index (χ1v) is 7.74. The SMILES string of the molecule is CCN(CCC(=O)O)C(=O)c1ccc(OC2CCCC2)nc1. The van der Waals surface area contributed by atoms with Gasteiger partial charge in [-0.1, -0.05) is 0 Å². The lowest BCUT2D eigenvalue weighted by Crippen LogP contribution is -2.32. The van der Waals surface area contributed by atoms with Gasteiger partial charge in [0.05, 0.1) is 12.0 Å². The molecule has 0 aromatic carbocycles. The summed E-state index contributed by atoms with van der Waals surface area (Å²) in [5, 5.41) is 8.72. The molecular weight excluding hydrogens is 284 g/mol. The Balaban J connectivity index is 1.95. The fraction of sp³-hybridized carbons (Fsp3) is 0.562. The first kappa shape index (κ1) is 16.3. The molecule has 2 rings (SSSR count). The Labute approximate surface area is 130 Å². The van der Waals surface area contributed by atoms with Crippen LogP contribution >= 0.6 is 0 Å². The average Bonchev–Trinajstić information content (AvgIpc) is 3.01. The van der Waals surface area contributed by atoms with Crippen molar-refractivity contribution in [3.8, 4) is 5.88 Å². The molecule has 120 valence electrons. The van der Waals surface area contributed by atoms with E-state index in [0.717, 1.165) is 12.8 Å². The van der Waals surface area contributed by atoms with Gasteiger partial charge in [0.2, 0.25) is 5.88 Å². The summed E-state index contributed by atoms with van der Waals surface area (Å²) in [6, 6.07) is 3.39. The van der Waals surface area contributed by atoms with Crippen LogP contribution in [0.15, 0.2) is 18.3 Å². The maximum atomic E-state index is 12.3. The van der Waals surface area contributed by atoms with Gasteiger partial charge in [-0.05, 0) is 38.7 Å². The molecule has 0 spiro atoms. The van der Waals surface area contributed by atoms with Gasteiger partial charge in [-0.15, -0.1) is 0 Å². The third kappa shape index (κ3) is 4.44. The van der Waals surface area contributed by atoms with Gasteiger partial charge in [-0.25, -0.2) is 4.98 Å². The number of hydrogen-bond acceptors (Lipinski definition) is 4. The number of carbonyl (C=O) groups excluding carboxylic acids is 1. The molecule has 0 unspecified atom stereocenters. The molecule has 1 heterocycles. The fourth-order valence-electron chi connectivity index (χ4n) is 2.57. The number of aromatic nitrogens is 1. The number of hydrogen-bond donors (Lipinski definition) is 1. The summed E-state index contributed by atoms with van der Waals surface area (Å²) in [5.41, 5.74) is 0.450. The van der Waals surface area contributed by atoms with E-state index >= 15 is 0 Å².